The van der Waals surface area contributed by atoms with Crippen LogP contribution in [0.25, 0.3) is 11.5 Å². The van der Waals surface area contributed by atoms with Crippen molar-refractivity contribution in [1.29, 1.82) is 0 Å². The molecule has 0 aliphatic rings. The molecule has 0 bridgehead atoms. The molecule has 0 amide bonds. The lowest BCUT2D eigenvalue weighted by atomic mass is 9.96. The molecule has 0 aromatic carbocycles. The van der Waals surface area contributed by atoms with Gasteiger partial charge in [-0.25, -0.2) is 4.98 Å². The molecule has 2 aromatic heterocycles. The number of rotatable bonds is 1. The lowest BCUT2D eigenvalue weighted by molar-refractivity contribution is 0.544. The molecule has 0 fully saturated rings. The number of anilines is 1. The van der Waals surface area contributed by atoms with Crippen molar-refractivity contribution in [2.24, 2.45) is 0 Å². The first kappa shape index (κ1) is 12.7. The highest BCUT2D eigenvalue weighted by Gasteiger charge is 2.20. The van der Waals surface area contributed by atoms with Crippen molar-refractivity contribution in [1.82, 2.24) is 19.9 Å². The van der Waals surface area contributed by atoms with Gasteiger partial charge in [-0.3, -0.25) is 4.98 Å². The van der Waals surface area contributed by atoms with Gasteiger partial charge in [0, 0.05) is 11.6 Å². The standard InChI is InChI=1S/C12H14ClN5/c1-12(2,3)10-16-9(17-11(14)18-10)8-5-4-7(13)6-15-8/h4-6H,1-3H3,(H2,14,16,17,18). The third-order valence-electron chi connectivity index (χ3n) is 2.28. The summed E-state index contributed by atoms with van der Waals surface area (Å²) in [6.45, 7) is 6.04. The summed E-state index contributed by atoms with van der Waals surface area (Å²) in [5.41, 5.74) is 6.14. The van der Waals surface area contributed by atoms with Crippen molar-refractivity contribution >= 4 is 17.5 Å². The Kier molecular flexibility index (Phi) is 3.17. The lowest BCUT2D eigenvalue weighted by Crippen LogP contribution is -2.18. The first-order chi connectivity index (χ1) is 8.36. The second kappa shape index (κ2) is 4.49. The van der Waals surface area contributed by atoms with E-state index in [4.69, 9.17) is 17.3 Å². The molecular weight excluding hydrogens is 250 g/mol. The Labute approximate surface area is 110 Å². The average Bonchev–Trinajstić information content (AvgIpc) is 2.28. The monoisotopic (exact) mass is 263 g/mol. The SMILES string of the molecule is CC(C)(C)c1nc(N)nc(-c2ccc(Cl)cn2)n1. The summed E-state index contributed by atoms with van der Waals surface area (Å²) in [7, 11) is 0. The predicted molar refractivity (Wildman–Crippen MR) is 71.2 cm³/mol. The molecular formula is C12H14ClN5. The molecule has 18 heavy (non-hydrogen) atoms. The molecule has 0 aliphatic heterocycles. The molecule has 6 heteroatoms. The van der Waals surface area contributed by atoms with Crippen molar-refractivity contribution in [2.45, 2.75) is 26.2 Å². The summed E-state index contributed by atoms with van der Waals surface area (Å²) < 4.78 is 0. The van der Waals surface area contributed by atoms with E-state index < -0.39 is 0 Å². The fourth-order valence-corrected chi connectivity index (χ4v) is 1.46. The smallest absolute Gasteiger partial charge is 0.223 e. The summed E-state index contributed by atoms with van der Waals surface area (Å²) >= 11 is 5.79. The molecule has 2 N–H and O–H groups in total. The third-order valence-corrected chi connectivity index (χ3v) is 2.50. The van der Waals surface area contributed by atoms with E-state index in [0.717, 1.165) is 0 Å². The van der Waals surface area contributed by atoms with Gasteiger partial charge in [-0.2, -0.15) is 9.97 Å². The number of halogens is 1. The Bertz CT molecular complexity index is 560. The van der Waals surface area contributed by atoms with Crippen LogP contribution in [-0.4, -0.2) is 19.9 Å². The number of hydrogen-bond acceptors (Lipinski definition) is 5. The molecule has 0 spiro atoms. The third kappa shape index (κ3) is 2.73. The average molecular weight is 264 g/mol. The fourth-order valence-electron chi connectivity index (χ4n) is 1.35. The Morgan fingerprint density at radius 1 is 1.11 bits per heavy atom. The van der Waals surface area contributed by atoms with Crippen molar-refractivity contribution in [3.63, 3.8) is 0 Å². The molecule has 0 saturated carbocycles. The number of pyridine rings is 1. The molecule has 94 valence electrons. The van der Waals surface area contributed by atoms with E-state index in [9.17, 15) is 0 Å². The van der Waals surface area contributed by atoms with Crippen LogP contribution in [0.4, 0.5) is 5.95 Å². The van der Waals surface area contributed by atoms with Crippen molar-refractivity contribution in [3.05, 3.63) is 29.2 Å². The van der Waals surface area contributed by atoms with Gasteiger partial charge in [0.1, 0.15) is 11.5 Å². The van der Waals surface area contributed by atoms with Crippen LogP contribution in [0.5, 0.6) is 0 Å². The molecule has 0 radical (unpaired) electrons. The molecule has 2 heterocycles. The van der Waals surface area contributed by atoms with Crippen LogP contribution in [0.15, 0.2) is 18.3 Å². The van der Waals surface area contributed by atoms with Crippen LogP contribution >= 0.6 is 11.6 Å². The molecule has 5 nitrogen and oxygen atoms in total. The molecule has 2 rings (SSSR count). The van der Waals surface area contributed by atoms with Crippen LogP contribution in [-0.2, 0) is 5.41 Å². The minimum absolute atomic E-state index is 0.196. The maximum Gasteiger partial charge on any atom is 0.223 e. The summed E-state index contributed by atoms with van der Waals surface area (Å²) in [6, 6.07) is 3.49. The minimum Gasteiger partial charge on any atom is -0.368 e. The van der Waals surface area contributed by atoms with Crippen LogP contribution in [0.3, 0.4) is 0 Å². The van der Waals surface area contributed by atoms with Gasteiger partial charge in [-0.15, -0.1) is 0 Å². The summed E-state index contributed by atoms with van der Waals surface area (Å²) in [4.78, 5) is 16.8. The van der Waals surface area contributed by atoms with Gasteiger partial charge in [-0.05, 0) is 12.1 Å². The summed E-state index contributed by atoms with van der Waals surface area (Å²) in [6.07, 6.45) is 1.55. The van der Waals surface area contributed by atoms with E-state index in [1.807, 2.05) is 20.8 Å². The number of nitrogens with zero attached hydrogens (tertiary/aromatic N) is 4. The highest BCUT2D eigenvalue weighted by Crippen LogP contribution is 2.21. The van der Waals surface area contributed by atoms with Crippen molar-refractivity contribution < 1.29 is 0 Å². The van der Waals surface area contributed by atoms with E-state index in [2.05, 4.69) is 19.9 Å². The Balaban J connectivity index is 2.52. The van der Waals surface area contributed by atoms with E-state index in [0.29, 0.717) is 22.4 Å². The highest BCUT2D eigenvalue weighted by molar-refractivity contribution is 6.30. The first-order valence-corrected chi connectivity index (χ1v) is 5.88. The van der Waals surface area contributed by atoms with Gasteiger partial charge < -0.3 is 5.73 Å². The topological polar surface area (TPSA) is 77.6 Å². The maximum absolute atomic E-state index is 5.79. The first-order valence-electron chi connectivity index (χ1n) is 5.50. The van der Waals surface area contributed by atoms with E-state index >= 15 is 0 Å². The predicted octanol–water partition coefficient (Wildman–Crippen LogP) is 2.47. The second-order valence-electron chi connectivity index (χ2n) is 4.95. The number of hydrogen-bond donors (Lipinski definition) is 1. The zero-order valence-electron chi connectivity index (χ0n) is 10.5. The minimum atomic E-state index is -0.196. The summed E-state index contributed by atoms with van der Waals surface area (Å²) in [5, 5.41) is 0.567. The second-order valence-corrected chi connectivity index (χ2v) is 5.39. The number of aromatic nitrogens is 4. The molecule has 0 aliphatic carbocycles. The summed E-state index contributed by atoms with van der Waals surface area (Å²) in [5.74, 6) is 1.30. The normalized spacial score (nSPS) is 11.6. The number of nitrogen functional groups attached to an aromatic ring is 1. The van der Waals surface area contributed by atoms with E-state index in [-0.39, 0.29) is 11.4 Å². The van der Waals surface area contributed by atoms with Crippen LogP contribution in [0.2, 0.25) is 5.02 Å². The van der Waals surface area contributed by atoms with E-state index in [1.165, 1.54) is 0 Å². The molecule has 0 unspecified atom stereocenters. The zero-order valence-corrected chi connectivity index (χ0v) is 11.2. The number of nitrogens with two attached hydrogens (primary N) is 1. The van der Waals surface area contributed by atoms with Gasteiger partial charge in [0.15, 0.2) is 5.82 Å². The lowest BCUT2D eigenvalue weighted by Gasteiger charge is -2.16. The molecule has 2 aromatic rings. The highest BCUT2D eigenvalue weighted by atomic mass is 35.5. The van der Waals surface area contributed by atoms with Crippen LogP contribution < -0.4 is 5.73 Å². The van der Waals surface area contributed by atoms with Gasteiger partial charge >= 0.3 is 0 Å². The maximum atomic E-state index is 5.79. The van der Waals surface area contributed by atoms with Crippen molar-refractivity contribution in [2.75, 3.05) is 5.73 Å². The van der Waals surface area contributed by atoms with Gasteiger partial charge in [0.05, 0.1) is 5.02 Å². The Morgan fingerprint density at radius 2 is 1.83 bits per heavy atom. The van der Waals surface area contributed by atoms with E-state index in [1.54, 1.807) is 18.3 Å². The molecule has 0 atom stereocenters. The van der Waals surface area contributed by atoms with Crippen LogP contribution in [0.1, 0.15) is 26.6 Å². The Hall–Kier alpha value is -1.75. The largest absolute Gasteiger partial charge is 0.368 e. The quantitative estimate of drug-likeness (QED) is 0.855. The van der Waals surface area contributed by atoms with Gasteiger partial charge in [-0.1, -0.05) is 32.4 Å². The van der Waals surface area contributed by atoms with Gasteiger partial charge in [0.25, 0.3) is 0 Å². The van der Waals surface area contributed by atoms with Crippen LogP contribution in [0, 0.1) is 0 Å². The fraction of sp³-hybridized carbons (Fsp3) is 0.333. The van der Waals surface area contributed by atoms with Crippen molar-refractivity contribution in [3.8, 4) is 11.5 Å². The zero-order chi connectivity index (χ0) is 13.3. The molecule has 0 saturated heterocycles. The van der Waals surface area contributed by atoms with Gasteiger partial charge in [0.2, 0.25) is 5.95 Å². The Morgan fingerprint density at radius 3 is 2.39 bits per heavy atom.